The van der Waals surface area contributed by atoms with Crippen molar-refractivity contribution in [2.45, 2.75) is 11.8 Å². The second-order valence-electron chi connectivity index (χ2n) is 3.12. The van der Waals surface area contributed by atoms with Gasteiger partial charge >= 0.3 is 6.09 Å². The molecule has 1 unspecified atom stereocenters. The van der Waals surface area contributed by atoms with Crippen molar-refractivity contribution in [2.24, 2.45) is 0 Å². The molecule has 0 saturated heterocycles. The molecule has 0 aliphatic heterocycles. The van der Waals surface area contributed by atoms with E-state index in [1.165, 1.54) is 6.92 Å². The highest BCUT2D eigenvalue weighted by Gasteiger charge is 2.28. The highest BCUT2D eigenvalue weighted by molar-refractivity contribution is 7.85. The Morgan fingerprint density at radius 3 is 2.56 bits per heavy atom. The molecule has 8 heteroatoms. The lowest BCUT2D eigenvalue weighted by molar-refractivity contribution is -0.631. The van der Waals surface area contributed by atoms with Crippen LogP contribution in [0.3, 0.4) is 0 Å². The molecule has 0 bridgehead atoms. The molecule has 1 aromatic rings. The van der Waals surface area contributed by atoms with Crippen molar-refractivity contribution in [1.82, 2.24) is 5.01 Å². The van der Waals surface area contributed by atoms with E-state index in [0.29, 0.717) is 4.90 Å². The van der Waals surface area contributed by atoms with Gasteiger partial charge in [0.15, 0.2) is 10.9 Å². The minimum atomic E-state index is -1.67. The van der Waals surface area contributed by atoms with Crippen LogP contribution in [0.15, 0.2) is 35.2 Å². The van der Waals surface area contributed by atoms with Crippen LogP contribution in [-0.4, -0.2) is 32.8 Å². The predicted octanol–water partition coefficient (Wildman–Crippen LogP) is 1.40. The lowest BCUT2D eigenvalue weighted by Crippen LogP contribution is -2.39. The zero-order valence-corrected chi connectivity index (χ0v) is 10.5. The fourth-order valence-electron chi connectivity index (χ4n) is 1.12. The molecule has 1 atom stereocenters. The molecule has 18 heavy (non-hydrogen) atoms. The summed E-state index contributed by atoms with van der Waals surface area (Å²) in [6.45, 7) is 1.55. The molecular weight excluding hydrogens is 260 g/mol. The lowest BCUT2D eigenvalue weighted by Gasteiger charge is -2.11. The third-order valence-corrected chi connectivity index (χ3v) is 3.20. The highest BCUT2D eigenvalue weighted by atomic mass is 32.2. The maximum absolute atomic E-state index is 11.8. The Morgan fingerprint density at radius 2 is 2.06 bits per heavy atom. The molecule has 1 aromatic carbocycles. The average molecular weight is 272 g/mol. The van der Waals surface area contributed by atoms with E-state index in [2.05, 4.69) is 4.74 Å². The van der Waals surface area contributed by atoms with Gasteiger partial charge in [0.2, 0.25) is 0 Å². The maximum Gasteiger partial charge on any atom is 0.469 e. The number of ether oxygens (including phenoxy) is 1. The summed E-state index contributed by atoms with van der Waals surface area (Å²) in [5.74, 6) is -0.546. The average Bonchev–Trinajstić information content (AvgIpc) is 2.36. The molecular formula is C10H12N2O5S. The quantitative estimate of drug-likeness (QED) is 0.597. The molecule has 1 rings (SSSR count). The maximum atomic E-state index is 11.8. The molecule has 0 fully saturated rings. The Morgan fingerprint density at radius 1 is 1.44 bits per heavy atom. The number of amides is 1. The number of carbonyl (C=O) groups excluding carboxylic acids is 1. The Balaban J connectivity index is 2.76. The van der Waals surface area contributed by atoms with Crippen molar-refractivity contribution in [1.29, 1.82) is 0 Å². The first-order valence-corrected chi connectivity index (χ1v) is 6.40. The van der Waals surface area contributed by atoms with Crippen LogP contribution >= 0.6 is 0 Å². The van der Waals surface area contributed by atoms with Gasteiger partial charge in [-0.2, -0.15) is 0 Å². The molecule has 0 heterocycles. The Kier molecular flexibility index (Phi) is 5.25. The summed E-state index contributed by atoms with van der Waals surface area (Å²) in [4.78, 5) is 22.4. The summed E-state index contributed by atoms with van der Waals surface area (Å²) in [5, 5.41) is 9.95. The third-order valence-electron chi connectivity index (χ3n) is 1.92. The van der Waals surface area contributed by atoms with Gasteiger partial charge in [-0.1, -0.05) is 18.2 Å². The van der Waals surface area contributed by atoms with Gasteiger partial charge in [-0.25, -0.2) is 14.9 Å². The van der Waals surface area contributed by atoms with Gasteiger partial charge < -0.3 is 4.74 Å². The predicted molar refractivity (Wildman–Crippen MR) is 63.6 cm³/mol. The number of hydrazine groups is 1. The van der Waals surface area contributed by atoms with Crippen molar-refractivity contribution in [2.75, 3.05) is 12.5 Å². The van der Waals surface area contributed by atoms with E-state index in [0.717, 1.165) is 0 Å². The third kappa shape index (κ3) is 3.81. The zero-order chi connectivity index (χ0) is 13.5. The Labute approximate surface area is 106 Å². The highest BCUT2D eigenvalue weighted by Crippen LogP contribution is 2.08. The van der Waals surface area contributed by atoms with E-state index in [1.807, 2.05) is 0 Å². The molecule has 0 radical (unpaired) electrons. The van der Waals surface area contributed by atoms with E-state index in [4.69, 9.17) is 0 Å². The van der Waals surface area contributed by atoms with Gasteiger partial charge in [-0.05, 0) is 24.1 Å². The van der Waals surface area contributed by atoms with Gasteiger partial charge in [-0.15, -0.1) is 0 Å². The molecule has 0 aliphatic rings. The molecule has 0 N–H and O–H groups in total. The van der Waals surface area contributed by atoms with Gasteiger partial charge in [0.1, 0.15) is 0 Å². The fraction of sp³-hybridized carbons (Fsp3) is 0.300. The standard InChI is InChI=1S/C10H12N2O5S/c1-2-17-10(13)11(12(14)15)8-18(16)9-6-4-3-5-7-9/h3-7H,2,8H2,1H3. The van der Waals surface area contributed by atoms with Crippen molar-refractivity contribution in [3.05, 3.63) is 40.4 Å². The number of hydrogen-bond donors (Lipinski definition) is 0. The number of hydrogen-bond acceptors (Lipinski definition) is 5. The zero-order valence-electron chi connectivity index (χ0n) is 9.64. The van der Waals surface area contributed by atoms with E-state index < -0.39 is 27.8 Å². The van der Waals surface area contributed by atoms with E-state index in [-0.39, 0.29) is 11.6 Å². The second-order valence-corrected chi connectivity index (χ2v) is 4.54. The van der Waals surface area contributed by atoms with Crippen molar-refractivity contribution in [3.63, 3.8) is 0 Å². The molecule has 98 valence electrons. The van der Waals surface area contributed by atoms with Crippen LogP contribution in [0.25, 0.3) is 0 Å². The Hall–Kier alpha value is -1.96. The smallest absolute Gasteiger partial charge is 0.446 e. The van der Waals surface area contributed by atoms with Gasteiger partial charge in [0.25, 0.3) is 0 Å². The van der Waals surface area contributed by atoms with Crippen molar-refractivity contribution in [3.8, 4) is 0 Å². The molecule has 0 aliphatic carbocycles. The second kappa shape index (κ2) is 6.70. The van der Waals surface area contributed by atoms with Crippen LogP contribution in [0.1, 0.15) is 6.92 Å². The van der Waals surface area contributed by atoms with E-state index in [1.54, 1.807) is 30.3 Å². The molecule has 0 aromatic heterocycles. The summed E-state index contributed by atoms with van der Waals surface area (Å²) < 4.78 is 16.3. The topological polar surface area (TPSA) is 89.8 Å². The SMILES string of the molecule is CCOC(=O)N(CS(=O)c1ccccc1)[N+](=O)[O-]. The molecule has 0 saturated carbocycles. The largest absolute Gasteiger partial charge is 0.469 e. The number of nitrogens with zero attached hydrogens (tertiary/aromatic N) is 2. The minimum absolute atomic E-state index is 0.0150. The minimum Gasteiger partial charge on any atom is -0.446 e. The van der Waals surface area contributed by atoms with Crippen LogP contribution in [0.5, 0.6) is 0 Å². The van der Waals surface area contributed by atoms with E-state index in [9.17, 15) is 19.1 Å². The lowest BCUT2D eigenvalue weighted by atomic mass is 10.4. The van der Waals surface area contributed by atoms with Gasteiger partial charge in [-0.3, -0.25) is 4.21 Å². The summed E-state index contributed by atoms with van der Waals surface area (Å²) in [7, 11) is -1.67. The van der Waals surface area contributed by atoms with Gasteiger partial charge in [0.05, 0.1) is 17.4 Å². The van der Waals surface area contributed by atoms with E-state index >= 15 is 0 Å². The first-order valence-electron chi connectivity index (χ1n) is 5.08. The van der Waals surface area contributed by atoms with Crippen LogP contribution in [0, 0.1) is 10.1 Å². The first kappa shape index (κ1) is 14.1. The summed E-state index contributed by atoms with van der Waals surface area (Å²) in [5.41, 5.74) is 0. The summed E-state index contributed by atoms with van der Waals surface area (Å²) >= 11 is 0. The molecule has 7 nitrogen and oxygen atoms in total. The van der Waals surface area contributed by atoms with Crippen LogP contribution in [0.4, 0.5) is 4.79 Å². The monoisotopic (exact) mass is 272 g/mol. The summed E-state index contributed by atoms with van der Waals surface area (Å²) in [6, 6.07) is 8.19. The first-order chi connectivity index (χ1) is 8.56. The number of carbonyl (C=O) groups is 1. The fourth-order valence-corrected chi connectivity index (χ4v) is 2.15. The molecule has 1 amide bonds. The Bertz CT molecular complexity index is 451. The number of nitro groups is 1. The van der Waals surface area contributed by atoms with Crippen LogP contribution in [-0.2, 0) is 15.5 Å². The number of benzene rings is 1. The number of rotatable bonds is 5. The van der Waals surface area contributed by atoms with Crippen LogP contribution < -0.4 is 0 Å². The van der Waals surface area contributed by atoms with Crippen molar-refractivity contribution < 1.29 is 18.8 Å². The van der Waals surface area contributed by atoms with Crippen LogP contribution in [0.2, 0.25) is 0 Å². The van der Waals surface area contributed by atoms with Gasteiger partial charge in [0, 0.05) is 4.90 Å². The van der Waals surface area contributed by atoms with Crippen molar-refractivity contribution >= 4 is 16.9 Å². The summed E-state index contributed by atoms with van der Waals surface area (Å²) in [6.07, 6.45) is -1.12. The normalized spacial score (nSPS) is 11.6. The molecule has 0 spiro atoms.